The second kappa shape index (κ2) is 9.27. The highest BCUT2D eigenvalue weighted by Crippen LogP contribution is 2.30. The third-order valence-corrected chi connectivity index (χ3v) is 6.17. The Bertz CT molecular complexity index is 927. The van der Waals surface area contributed by atoms with Crippen molar-refractivity contribution >= 4 is 16.8 Å². The molecular formula is C25H31N3O. The number of aromatic nitrogens is 1. The summed E-state index contributed by atoms with van der Waals surface area (Å²) in [5.41, 5.74) is 3.66. The Morgan fingerprint density at radius 3 is 2.55 bits per heavy atom. The first-order chi connectivity index (χ1) is 14.2. The first-order valence-corrected chi connectivity index (χ1v) is 10.9. The summed E-state index contributed by atoms with van der Waals surface area (Å²) in [4.78, 5) is 16.1. The highest BCUT2D eigenvalue weighted by Gasteiger charge is 2.22. The largest absolute Gasteiger partial charge is 0.361 e. The highest BCUT2D eigenvalue weighted by atomic mass is 16.2. The Kier molecular flexibility index (Phi) is 6.30. The van der Waals surface area contributed by atoms with Gasteiger partial charge in [0.2, 0.25) is 5.91 Å². The van der Waals surface area contributed by atoms with Crippen LogP contribution < -0.4 is 10.6 Å². The van der Waals surface area contributed by atoms with E-state index in [1.165, 1.54) is 35.8 Å². The van der Waals surface area contributed by atoms with E-state index in [9.17, 15) is 4.79 Å². The molecule has 0 aliphatic heterocycles. The summed E-state index contributed by atoms with van der Waals surface area (Å²) in [6.07, 6.45) is 8.08. The SMILES string of the molecule is C[C@@H](NC[C@@H](c1ccccc1)c1c[nH]c2ccccc12)C(=O)NC1CCCCC1. The summed E-state index contributed by atoms with van der Waals surface area (Å²) in [5.74, 6) is 0.292. The minimum Gasteiger partial charge on any atom is -0.361 e. The Morgan fingerprint density at radius 1 is 1.03 bits per heavy atom. The molecule has 2 aromatic carbocycles. The average molecular weight is 390 g/mol. The third kappa shape index (κ3) is 4.70. The van der Waals surface area contributed by atoms with Crippen LogP contribution in [0.5, 0.6) is 0 Å². The molecule has 152 valence electrons. The van der Waals surface area contributed by atoms with Gasteiger partial charge in [0.15, 0.2) is 0 Å². The molecule has 4 heteroatoms. The number of amides is 1. The van der Waals surface area contributed by atoms with E-state index in [4.69, 9.17) is 0 Å². The molecule has 1 amide bonds. The second-order valence-electron chi connectivity index (χ2n) is 8.23. The van der Waals surface area contributed by atoms with Gasteiger partial charge < -0.3 is 15.6 Å². The molecule has 0 unspecified atom stereocenters. The van der Waals surface area contributed by atoms with Gasteiger partial charge in [-0.1, -0.05) is 67.8 Å². The monoisotopic (exact) mass is 389 g/mol. The molecule has 29 heavy (non-hydrogen) atoms. The lowest BCUT2D eigenvalue weighted by molar-refractivity contribution is -0.123. The molecule has 2 atom stereocenters. The Labute approximate surface area is 173 Å². The number of H-pyrrole nitrogens is 1. The van der Waals surface area contributed by atoms with Gasteiger partial charge in [0.05, 0.1) is 6.04 Å². The van der Waals surface area contributed by atoms with Gasteiger partial charge in [-0.15, -0.1) is 0 Å². The Morgan fingerprint density at radius 2 is 1.76 bits per heavy atom. The maximum Gasteiger partial charge on any atom is 0.237 e. The summed E-state index contributed by atoms with van der Waals surface area (Å²) in [6, 6.07) is 19.1. The maximum absolute atomic E-state index is 12.7. The molecule has 1 aliphatic rings. The molecule has 1 fully saturated rings. The molecule has 3 aromatic rings. The second-order valence-corrected chi connectivity index (χ2v) is 8.23. The maximum atomic E-state index is 12.7. The number of rotatable bonds is 7. The highest BCUT2D eigenvalue weighted by molar-refractivity contribution is 5.84. The molecule has 1 aromatic heterocycles. The number of hydrogen-bond acceptors (Lipinski definition) is 2. The number of benzene rings is 2. The van der Waals surface area contributed by atoms with E-state index in [0.717, 1.165) is 18.4 Å². The van der Waals surface area contributed by atoms with Crippen LogP contribution in [-0.2, 0) is 4.79 Å². The standard InChI is InChI=1S/C25H31N3O/c1-18(25(29)28-20-12-6-3-7-13-20)26-16-22(19-10-4-2-5-11-19)23-17-27-24-15-9-8-14-21(23)24/h2,4-5,8-11,14-15,17-18,20,22,26-27H,3,6-7,12-13,16H2,1H3,(H,28,29)/t18-,22+/m1/s1. The van der Waals surface area contributed by atoms with Crippen molar-refractivity contribution in [2.75, 3.05) is 6.54 Å². The zero-order valence-corrected chi connectivity index (χ0v) is 17.2. The third-order valence-electron chi connectivity index (χ3n) is 6.17. The predicted molar refractivity (Wildman–Crippen MR) is 119 cm³/mol. The lowest BCUT2D eigenvalue weighted by Gasteiger charge is -2.26. The van der Waals surface area contributed by atoms with Crippen LogP contribution in [0.2, 0.25) is 0 Å². The van der Waals surface area contributed by atoms with Crippen LogP contribution in [0.1, 0.15) is 56.1 Å². The van der Waals surface area contributed by atoms with Gasteiger partial charge in [0, 0.05) is 35.6 Å². The summed E-state index contributed by atoms with van der Waals surface area (Å²) in [7, 11) is 0. The number of aromatic amines is 1. The van der Waals surface area contributed by atoms with Gasteiger partial charge >= 0.3 is 0 Å². The van der Waals surface area contributed by atoms with Crippen LogP contribution >= 0.6 is 0 Å². The molecule has 4 nitrogen and oxygen atoms in total. The molecule has 3 N–H and O–H groups in total. The van der Waals surface area contributed by atoms with Crippen molar-refractivity contribution in [2.24, 2.45) is 0 Å². The van der Waals surface area contributed by atoms with Crippen molar-refractivity contribution in [2.45, 2.75) is 57.0 Å². The van der Waals surface area contributed by atoms with E-state index in [1.807, 2.05) is 13.0 Å². The molecule has 1 heterocycles. The number of para-hydroxylation sites is 1. The minimum atomic E-state index is -0.214. The van der Waals surface area contributed by atoms with Crippen LogP contribution in [0, 0.1) is 0 Å². The van der Waals surface area contributed by atoms with Crippen LogP contribution in [-0.4, -0.2) is 29.5 Å². The number of hydrogen-bond donors (Lipinski definition) is 3. The van der Waals surface area contributed by atoms with Gasteiger partial charge in [0.25, 0.3) is 0 Å². The molecule has 0 saturated heterocycles. The molecule has 1 saturated carbocycles. The van der Waals surface area contributed by atoms with Crippen molar-refractivity contribution in [1.29, 1.82) is 0 Å². The van der Waals surface area contributed by atoms with Gasteiger partial charge in [-0.25, -0.2) is 0 Å². The summed E-state index contributed by atoms with van der Waals surface area (Å²) < 4.78 is 0. The van der Waals surface area contributed by atoms with Crippen LogP contribution in [0.4, 0.5) is 0 Å². The summed E-state index contributed by atoms with van der Waals surface area (Å²) >= 11 is 0. The lowest BCUT2D eigenvalue weighted by Crippen LogP contribution is -2.47. The molecule has 0 spiro atoms. The zero-order chi connectivity index (χ0) is 20.1. The van der Waals surface area contributed by atoms with E-state index in [-0.39, 0.29) is 17.9 Å². The number of carbonyl (C=O) groups is 1. The Hall–Kier alpha value is -2.59. The van der Waals surface area contributed by atoms with Crippen molar-refractivity contribution in [3.05, 3.63) is 71.9 Å². The van der Waals surface area contributed by atoms with Gasteiger partial charge in [0.1, 0.15) is 0 Å². The molecular weight excluding hydrogens is 358 g/mol. The van der Waals surface area contributed by atoms with Crippen molar-refractivity contribution in [3.8, 4) is 0 Å². The van der Waals surface area contributed by atoms with Gasteiger partial charge in [-0.3, -0.25) is 4.79 Å². The molecule has 4 rings (SSSR count). The minimum absolute atomic E-state index is 0.114. The van der Waals surface area contributed by atoms with Gasteiger partial charge in [-0.2, -0.15) is 0 Å². The van der Waals surface area contributed by atoms with E-state index in [1.54, 1.807) is 0 Å². The fourth-order valence-electron chi connectivity index (χ4n) is 4.44. The van der Waals surface area contributed by atoms with Crippen molar-refractivity contribution in [1.82, 2.24) is 15.6 Å². The van der Waals surface area contributed by atoms with E-state index >= 15 is 0 Å². The fourth-order valence-corrected chi connectivity index (χ4v) is 4.44. The lowest BCUT2D eigenvalue weighted by atomic mass is 9.90. The average Bonchev–Trinajstić information content (AvgIpc) is 3.19. The molecule has 0 radical (unpaired) electrons. The van der Waals surface area contributed by atoms with E-state index in [2.05, 4.69) is 70.3 Å². The number of carbonyl (C=O) groups excluding carboxylic acids is 1. The smallest absolute Gasteiger partial charge is 0.237 e. The predicted octanol–water partition coefficient (Wildman–Crippen LogP) is 4.73. The van der Waals surface area contributed by atoms with E-state index < -0.39 is 0 Å². The van der Waals surface area contributed by atoms with Crippen LogP contribution in [0.25, 0.3) is 10.9 Å². The van der Waals surface area contributed by atoms with E-state index in [0.29, 0.717) is 12.6 Å². The summed E-state index contributed by atoms with van der Waals surface area (Å²) in [6.45, 7) is 2.68. The molecule has 1 aliphatic carbocycles. The van der Waals surface area contributed by atoms with Crippen molar-refractivity contribution < 1.29 is 4.79 Å². The normalized spacial score (nSPS) is 17.1. The first-order valence-electron chi connectivity index (χ1n) is 10.9. The topological polar surface area (TPSA) is 56.9 Å². The number of fused-ring (bicyclic) bond motifs is 1. The first kappa shape index (κ1) is 19.7. The summed E-state index contributed by atoms with van der Waals surface area (Å²) in [5, 5.41) is 7.97. The fraction of sp³-hybridized carbons (Fsp3) is 0.400. The van der Waals surface area contributed by atoms with Gasteiger partial charge in [-0.05, 0) is 37.0 Å². The quantitative estimate of drug-likeness (QED) is 0.547. The molecule has 0 bridgehead atoms. The van der Waals surface area contributed by atoms with Crippen LogP contribution in [0.15, 0.2) is 60.8 Å². The van der Waals surface area contributed by atoms with Crippen LogP contribution in [0.3, 0.4) is 0 Å². The zero-order valence-electron chi connectivity index (χ0n) is 17.2. The number of nitrogens with one attached hydrogen (secondary N) is 3. The van der Waals surface area contributed by atoms with Crippen molar-refractivity contribution in [3.63, 3.8) is 0 Å². The Balaban J connectivity index is 1.48.